The molecule has 0 saturated heterocycles. The van der Waals surface area contributed by atoms with Crippen LogP contribution >= 0.6 is 0 Å². The Bertz CT molecular complexity index is 1290. The van der Waals surface area contributed by atoms with Crippen LogP contribution < -0.4 is 5.73 Å². The van der Waals surface area contributed by atoms with Gasteiger partial charge in [0, 0.05) is 28.9 Å². The van der Waals surface area contributed by atoms with E-state index in [4.69, 9.17) is 16.2 Å². The van der Waals surface area contributed by atoms with Gasteiger partial charge in [-0.15, -0.1) is 0 Å². The fourth-order valence-corrected chi connectivity index (χ4v) is 4.80. The van der Waals surface area contributed by atoms with Gasteiger partial charge in [-0.3, -0.25) is 4.68 Å². The molecule has 0 spiro atoms. The lowest BCUT2D eigenvalue weighted by molar-refractivity contribution is 0.478. The van der Waals surface area contributed by atoms with Crippen LogP contribution in [0.5, 0.6) is 0 Å². The first kappa shape index (κ1) is 20.2. The minimum absolute atomic E-state index is 0.504. The Kier molecular flexibility index (Phi) is 5.35. The van der Waals surface area contributed by atoms with Gasteiger partial charge in [-0.2, -0.15) is 10.2 Å². The summed E-state index contributed by atoms with van der Waals surface area (Å²) < 4.78 is 4.23. The fraction of sp³-hybridized carbons (Fsp3) is 0.269. The lowest BCUT2D eigenvalue weighted by atomic mass is 10.1. The smallest absolute Gasteiger partial charge is 0.0741 e. The normalized spacial score (nSPS) is 15.0. The summed E-state index contributed by atoms with van der Waals surface area (Å²) >= 11 is 0. The van der Waals surface area contributed by atoms with Gasteiger partial charge in [-0.05, 0) is 49.1 Å². The molecule has 1 aliphatic rings. The molecule has 162 valence electrons. The van der Waals surface area contributed by atoms with E-state index in [9.17, 15) is 0 Å². The molecule has 4 aromatic rings. The average Bonchev–Trinajstić information content (AvgIpc) is 3.59. The van der Waals surface area contributed by atoms with Crippen molar-refractivity contribution < 1.29 is 0 Å². The number of allylic oxidation sites excluding steroid dienone is 1. The van der Waals surface area contributed by atoms with Gasteiger partial charge in [0.1, 0.15) is 0 Å². The molecule has 0 atom stereocenters. The topological polar surface area (TPSA) is 85.5 Å². The van der Waals surface area contributed by atoms with E-state index in [0.29, 0.717) is 11.6 Å². The summed E-state index contributed by atoms with van der Waals surface area (Å²) in [7, 11) is 0. The molecule has 5 rings (SSSR count). The van der Waals surface area contributed by atoms with E-state index in [0.717, 1.165) is 28.9 Å². The standard InChI is InChI=1S/C26H28N6/c1-2-24-23-12-9-19(15-26(23)32(30-24)21-5-3-4-6-21)25-13-14-29-31(25)22-10-7-18(8-11-22)20(16-27)17-28/h7-17,21,27H,2-6,28H2,1H3/b20-17+,27-16?. The molecule has 32 heavy (non-hydrogen) atoms. The molecular weight excluding hydrogens is 396 g/mol. The van der Waals surface area contributed by atoms with Crippen molar-refractivity contribution in [3.05, 3.63) is 72.2 Å². The number of benzene rings is 2. The fourth-order valence-electron chi connectivity index (χ4n) is 4.80. The van der Waals surface area contributed by atoms with E-state index in [2.05, 4.69) is 41.0 Å². The van der Waals surface area contributed by atoms with Crippen LogP contribution in [-0.2, 0) is 6.42 Å². The molecule has 6 nitrogen and oxygen atoms in total. The number of nitrogens with one attached hydrogen (secondary N) is 1. The van der Waals surface area contributed by atoms with Crippen molar-refractivity contribution in [2.75, 3.05) is 0 Å². The zero-order valence-electron chi connectivity index (χ0n) is 18.3. The summed E-state index contributed by atoms with van der Waals surface area (Å²) in [6.07, 6.45) is 10.5. The van der Waals surface area contributed by atoms with E-state index in [1.54, 1.807) is 0 Å². The minimum Gasteiger partial charge on any atom is -0.404 e. The molecule has 0 radical (unpaired) electrons. The van der Waals surface area contributed by atoms with E-state index in [1.165, 1.54) is 54.7 Å². The maximum Gasteiger partial charge on any atom is 0.0741 e. The molecule has 1 aliphatic carbocycles. The highest BCUT2D eigenvalue weighted by atomic mass is 15.3. The Morgan fingerprint density at radius 1 is 1.12 bits per heavy atom. The number of fused-ring (bicyclic) bond motifs is 1. The number of rotatable bonds is 6. The van der Waals surface area contributed by atoms with Crippen LogP contribution in [0.3, 0.4) is 0 Å². The Hall–Kier alpha value is -3.67. The highest BCUT2D eigenvalue weighted by molar-refractivity contribution is 6.08. The molecule has 0 bridgehead atoms. The summed E-state index contributed by atoms with van der Waals surface area (Å²) in [5.41, 5.74) is 12.8. The molecule has 3 N–H and O–H groups in total. The monoisotopic (exact) mass is 424 g/mol. The number of nitrogens with zero attached hydrogens (tertiary/aromatic N) is 4. The summed E-state index contributed by atoms with van der Waals surface area (Å²) in [6, 6.07) is 17.2. The van der Waals surface area contributed by atoms with E-state index in [1.807, 2.05) is 35.1 Å². The third-order valence-corrected chi connectivity index (χ3v) is 6.51. The van der Waals surface area contributed by atoms with Gasteiger partial charge in [0.25, 0.3) is 0 Å². The number of hydrogen-bond donors (Lipinski definition) is 2. The SMILES string of the molecule is CCc1nn(C2CCCC2)c2cc(-c3ccnn3-c3ccc(/C(C=N)=C/N)cc3)ccc12. The highest BCUT2D eigenvalue weighted by Crippen LogP contribution is 2.35. The predicted molar refractivity (Wildman–Crippen MR) is 130 cm³/mol. The number of hydrogen-bond acceptors (Lipinski definition) is 4. The van der Waals surface area contributed by atoms with Crippen molar-refractivity contribution in [1.29, 1.82) is 5.41 Å². The Balaban J connectivity index is 1.57. The minimum atomic E-state index is 0.504. The zero-order chi connectivity index (χ0) is 22.1. The number of nitrogens with two attached hydrogens (primary N) is 1. The van der Waals surface area contributed by atoms with Gasteiger partial charge in [0.05, 0.1) is 34.8 Å². The quantitative estimate of drug-likeness (QED) is 0.400. The van der Waals surface area contributed by atoms with Crippen molar-refractivity contribution in [2.45, 2.75) is 45.1 Å². The zero-order valence-corrected chi connectivity index (χ0v) is 18.3. The molecule has 2 heterocycles. The van der Waals surface area contributed by atoms with Crippen LogP contribution in [0.4, 0.5) is 0 Å². The molecule has 1 fully saturated rings. The highest BCUT2D eigenvalue weighted by Gasteiger charge is 2.22. The largest absolute Gasteiger partial charge is 0.404 e. The van der Waals surface area contributed by atoms with E-state index >= 15 is 0 Å². The summed E-state index contributed by atoms with van der Waals surface area (Å²) in [5.74, 6) is 0. The van der Waals surface area contributed by atoms with E-state index in [-0.39, 0.29) is 0 Å². The molecule has 6 heteroatoms. The molecule has 1 saturated carbocycles. The molecule has 2 aromatic heterocycles. The maximum absolute atomic E-state index is 7.50. The maximum atomic E-state index is 7.50. The van der Waals surface area contributed by atoms with Gasteiger partial charge in [0.2, 0.25) is 0 Å². The molecule has 0 aliphatic heterocycles. The summed E-state index contributed by atoms with van der Waals surface area (Å²) in [5, 5.41) is 18.3. The Morgan fingerprint density at radius 2 is 1.91 bits per heavy atom. The first-order chi connectivity index (χ1) is 15.7. The second-order valence-electron chi connectivity index (χ2n) is 8.36. The first-order valence-electron chi connectivity index (χ1n) is 11.3. The van der Waals surface area contributed by atoms with Gasteiger partial charge < -0.3 is 11.1 Å². The van der Waals surface area contributed by atoms with Gasteiger partial charge in [0.15, 0.2) is 0 Å². The van der Waals surface area contributed by atoms with Gasteiger partial charge in [-0.25, -0.2) is 4.68 Å². The van der Waals surface area contributed by atoms with Crippen LogP contribution in [0, 0.1) is 5.41 Å². The van der Waals surface area contributed by atoms with Crippen molar-refractivity contribution in [3.8, 4) is 16.9 Å². The van der Waals surface area contributed by atoms with Crippen molar-refractivity contribution >= 4 is 22.7 Å². The van der Waals surface area contributed by atoms with Gasteiger partial charge in [-0.1, -0.05) is 44.0 Å². The second kappa shape index (κ2) is 8.46. The second-order valence-corrected chi connectivity index (χ2v) is 8.36. The predicted octanol–water partition coefficient (Wildman–Crippen LogP) is 5.52. The van der Waals surface area contributed by atoms with Gasteiger partial charge >= 0.3 is 0 Å². The molecule has 2 aromatic carbocycles. The van der Waals surface area contributed by atoms with E-state index < -0.39 is 0 Å². The molecule has 0 unspecified atom stereocenters. The Labute approximate surface area is 187 Å². The van der Waals surface area contributed by atoms with Crippen LogP contribution in [0.25, 0.3) is 33.4 Å². The Morgan fingerprint density at radius 3 is 2.59 bits per heavy atom. The van der Waals surface area contributed by atoms with Crippen molar-refractivity contribution in [2.24, 2.45) is 5.73 Å². The third-order valence-electron chi connectivity index (χ3n) is 6.51. The number of aromatic nitrogens is 4. The molecular formula is C26H28N6. The van der Waals surface area contributed by atoms with Crippen LogP contribution in [0.2, 0.25) is 0 Å². The number of aryl methyl sites for hydroxylation is 1. The average molecular weight is 425 g/mol. The summed E-state index contributed by atoms with van der Waals surface area (Å²) in [6.45, 7) is 2.18. The lowest BCUT2D eigenvalue weighted by Gasteiger charge is -2.13. The van der Waals surface area contributed by atoms with Crippen LogP contribution in [0.1, 0.15) is 49.9 Å². The summed E-state index contributed by atoms with van der Waals surface area (Å²) in [4.78, 5) is 0. The first-order valence-corrected chi connectivity index (χ1v) is 11.3. The lowest BCUT2D eigenvalue weighted by Crippen LogP contribution is -2.06. The third kappa shape index (κ3) is 3.42. The molecule has 0 amide bonds. The van der Waals surface area contributed by atoms with Crippen LogP contribution in [-0.4, -0.2) is 25.8 Å². The van der Waals surface area contributed by atoms with Crippen molar-refractivity contribution in [1.82, 2.24) is 19.6 Å². The van der Waals surface area contributed by atoms with Crippen molar-refractivity contribution in [3.63, 3.8) is 0 Å². The van der Waals surface area contributed by atoms with Crippen LogP contribution in [0.15, 0.2) is 60.9 Å².